The van der Waals surface area contributed by atoms with Crippen molar-refractivity contribution >= 4 is 0 Å². The largest absolute Gasteiger partial charge is 0.496 e. The molecule has 1 atom stereocenters. The van der Waals surface area contributed by atoms with Crippen LogP contribution in [0.25, 0.3) is 0 Å². The summed E-state index contributed by atoms with van der Waals surface area (Å²) in [6, 6.07) is 8.59. The third-order valence-electron chi connectivity index (χ3n) is 2.87. The second-order valence-corrected chi connectivity index (χ2v) is 4.01. The van der Waals surface area contributed by atoms with Gasteiger partial charge in [-0.1, -0.05) is 32.0 Å². The Kier molecular flexibility index (Phi) is 6.67. The van der Waals surface area contributed by atoms with Crippen LogP contribution in [-0.4, -0.2) is 26.7 Å². The van der Waals surface area contributed by atoms with Crippen molar-refractivity contribution in [2.24, 2.45) is 0 Å². The molecule has 0 spiro atoms. The Balaban J connectivity index is 2.59. The molecule has 0 fully saturated rings. The minimum absolute atomic E-state index is 0.366. The molecule has 0 aromatic heterocycles. The molecule has 0 heterocycles. The maximum absolute atomic E-state index is 5.40. The molecule has 1 aromatic carbocycles. The van der Waals surface area contributed by atoms with Crippen LogP contribution in [0.2, 0.25) is 0 Å². The molecule has 96 valence electrons. The van der Waals surface area contributed by atoms with E-state index in [1.807, 2.05) is 12.1 Å². The van der Waals surface area contributed by atoms with E-state index in [-0.39, 0.29) is 0 Å². The van der Waals surface area contributed by atoms with Gasteiger partial charge in [0, 0.05) is 24.7 Å². The predicted octanol–water partition coefficient (Wildman–Crippen LogP) is 2.35. The molecule has 17 heavy (non-hydrogen) atoms. The lowest BCUT2D eigenvalue weighted by molar-refractivity contribution is 0.396. The van der Waals surface area contributed by atoms with Gasteiger partial charge in [-0.15, -0.1) is 0 Å². The summed E-state index contributed by atoms with van der Waals surface area (Å²) in [7, 11) is 1.73. The van der Waals surface area contributed by atoms with Gasteiger partial charge in [0.15, 0.2) is 0 Å². The fourth-order valence-corrected chi connectivity index (χ4v) is 1.94. The molecule has 0 radical (unpaired) electrons. The Morgan fingerprint density at radius 1 is 1.18 bits per heavy atom. The highest BCUT2D eigenvalue weighted by Gasteiger charge is 2.12. The Labute approximate surface area is 105 Å². The molecule has 0 aliphatic rings. The van der Waals surface area contributed by atoms with E-state index in [4.69, 9.17) is 4.74 Å². The van der Waals surface area contributed by atoms with Crippen molar-refractivity contribution in [1.29, 1.82) is 0 Å². The minimum Gasteiger partial charge on any atom is -0.496 e. The molecule has 3 heteroatoms. The van der Waals surface area contributed by atoms with Crippen molar-refractivity contribution in [3.05, 3.63) is 29.8 Å². The molecule has 0 bridgehead atoms. The summed E-state index contributed by atoms with van der Waals surface area (Å²) in [6.45, 7) is 7.31. The molecule has 0 amide bonds. The molecule has 0 aliphatic carbocycles. The maximum Gasteiger partial charge on any atom is 0.123 e. The molecule has 0 saturated carbocycles. The zero-order valence-corrected chi connectivity index (χ0v) is 11.1. The zero-order valence-electron chi connectivity index (χ0n) is 11.1. The maximum atomic E-state index is 5.40. The van der Waals surface area contributed by atoms with Gasteiger partial charge in [0.25, 0.3) is 0 Å². The Morgan fingerprint density at radius 2 is 1.94 bits per heavy atom. The number of benzene rings is 1. The van der Waals surface area contributed by atoms with Gasteiger partial charge < -0.3 is 15.4 Å². The average Bonchev–Trinajstić information content (AvgIpc) is 2.39. The van der Waals surface area contributed by atoms with Crippen molar-refractivity contribution in [3.8, 4) is 5.75 Å². The molecule has 1 aromatic rings. The normalized spacial score (nSPS) is 12.4. The van der Waals surface area contributed by atoms with E-state index in [2.05, 4.69) is 36.6 Å². The van der Waals surface area contributed by atoms with Crippen LogP contribution >= 0.6 is 0 Å². The van der Waals surface area contributed by atoms with Gasteiger partial charge in [-0.25, -0.2) is 0 Å². The molecular formula is C14H24N2O. The lowest BCUT2D eigenvalue weighted by Crippen LogP contribution is -2.30. The first kappa shape index (κ1) is 14.0. The fourth-order valence-electron chi connectivity index (χ4n) is 1.94. The van der Waals surface area contributed by atoms with Gasteiger partial charge in [-0.2, -0.15) is 0 Å². The highest BCUT2D eigenvalue weighted by molar-refractivity contribution is 5.35. The topological polar surface area (TPSA) is 33.3 Å². The van der Waals surface area contributed by atoms with E-state index in [9.17, 15) is 0 Å². The van der Waals surface area contributed by atoms with Crippen molar-refractivity contribution in [2.75, 3.05) is 26.7 Å². The summed E-state index contributed by atoms with van der Waals surface area (Å²) in [5.41, 5.74) is 1.24. The lowest BCUT2D eigenvalue weighted by Gasteiger charge is -2.20. The Hall–Kier alpha value is -1.06. The van der Waals surface area contributed by atoms with E-state index < -0.39 is 0 Å². The van der Waals surface area contributed by atoms with E-state index in [1.54, 1.807) is 7.11 Å². The van der Waals surface area contributed by atoms with E-state index in [0.29, 0.717) is 6.04 Å². The van der Waals surface area contributed by atoms with E-state index in [1.165, 1.54) is 5.56 Å². The summed E-state index contributed by atoms with van der Waals surface area (Å²) in [5.74, 6) is 0.968. The van der Waals surface area contributed by atoms with Crippen LogP contribution in [0.5, 0.6) is 5.75 Å². The molecule has 3 nitrogen and oxygen atoms in total. The minimum atomic E-state index is 0.366. The van der Waals surface area contributed by atoms with Crippen LogP contribution in [0.1, 0.15) is 31.9 Å². The zero-order chi connectivity index (χ0) is 12.5. The summed E-state index contributed by atoms with van der Waals surface area (Å²) < 4.78 is 5.40. The van der Waals surface area contributed by atoms with Crippen molar-refractivity contribution in [3.63, 3.8) is 0 Å². The first-order valence-corrected chi connectivity index (χ1v) is 6.40. The fraction of sp³-hybridized carbons (Fsp3) is 0.571. The highest BCUT2D eigenvalue weighted by Crippen LogP contribution is 2.26. The quantitative estimate of drug-likeness (QED) is 0.680. The Morgan fingerprint density at radius 3 is 2.59 bits per heavy atom. The van der Waals surface area contributed by atoms with Gasteiger partial charge in [-0.3, -0.25) is 0 Å². The van der Waals surface area contributed by atoms with Crippen LogP contribution in [-0.2, 0) is 0 Å². The SMILES string of the molecule is CCNCCNC(CC)c1ccccc1OC. The smallest absolute Gasteiger partial charge is 0.123 e. The first-order valence-electron chi connectivity index (χ1n) is 6.40. The van der Waals surface area contributed by atoms with Gasteiger partial charge in [-0.05, 0) is 19.0 Å². The molecule has 1 rings (SSSR count). The number of nitrogens with one attached hydrogen (secondary N) is 2. The van der Waals surface area contributed by atoms with Gasteiger partial charge in [0.05, 0.1) is 7.11 Å². The third-order valence-corrected chi connectivity index (χ3v) is 2.87. The number of para-hydroxylation sites is 1. The first-order chi connectivity index (χ1) is 8.33. The molecule has 0 aliphatic heterocycles. The predicted molar refractivity (Wildman–Crippen MR) is 72.6 cm³/mol. The van der Waals surface area contributed by atoms with E-state index in [0.717, 1.165) is 31.8 Å². The summed E-state index contributed by atoms with van der Waals surface area (Å²) >= 11 is 0. The highest BCUT2D eigenvalue weighted by atomic mass is 16.5. The van der Waals surface area contributed by atoms with Gasteiger partial charge in [0.1, 0.15) is 5.75 Å². The van der Waals surface area contributed by atoms with Crippen molar-refractivity contribution in [1.82, 2.24) is 10.6 Å². The lowest BCUT2D eigenvalue weighted by atomic mass is 10.0. The van der Waals surface area contributed by atoms with Crippen molar-refractivity contribution < 1.29 is 4.74 Å². The van der Waals surface area contributed by atoms with E-state index >= 15 is 0 Å². The summed E-state index contributed by atoms with van der Waals surface area (Å²) in [5, 5.41) is 6.87. The second kappa shape index (κ2) is 8.09. The second-order valence-electron chi connectivity index (χ2n) is 4.01. The number of rotatable bonds is 8. The summed E-state index contributed by atoms with van der Waals surface area (Å²) in [4.78, 5) is 0. The number of hydrogen-bond donors (Lipinski definition) is 2. The molecule has 2 N–H and O–H groups in total. The van der Waals surface area contributed by atoms with Crippen LogP contribution < -0.4 is 15.4 Å². The molecular weight excluding hydrogens is 212 g/mol. The van der Waals surface area contributed by atoms with Crippen LogP contribution in [0.15, 0.2) is 24.3 Å². The van der Waals surface area contributed by atoms with Crippen LogP contribution in [0.4, 0.5) is 0 Å². The molecule has 0 saturated heterocycles. The number of likely N-dealkylation sites (N-methyl/N-ethyl adjacent to an activating group) is 1. The average molecular weight is 236 g/mol. The number of ether oxygens (including phenoxy) is 1. The standard InChI is InChI=1S/C14H24N2O/c1-4-13(16-11-10-15-5-2)12-8-6-7-9-14(12)17-3/h6-9,13,15-16H,4-5,10-11H2,1-3H3. The van der Waals surface area contributed by atoms with Crippen molar-refractivity contribution in [2.45, 2.75) is 26.3 Å². The van der Waals surface area contributed by atoms with Crippen LogP contribution in [0, 0.1) is 0 Å². The van der Waals surface area contributed by atoms with Gasteiger partial charge in [0.2, 0.25) is 0 Å². The van der Waals surface area contributed by atoms with Gasteiger partial charge >= 0.3 is 0 Å². The number of methoxy groups -OCH3 is 1. The Bertz CT molecular complexity index is 315. The molecule has 1 unspecified atom stereocenters. The number of hydrogen-bond acceptors (Lipinski definition) is 3. The third kappa shape index (κ3) is 4.36. The summed E-state index contributed by atoms with van der Waals surface area (Å²) in [6.07, 6.45) is 1.06. The van der Waals surface area contributed by atoms with Crippen LogP contribution in [0.3, 0.4) is 0 Å². The monoisotopic (exact) mass is 236 g/mol.